The molecule has 18 heavy (non-hydrogen) atoms. The first-order chi connectivity index (χ1) is 8.78. The van der Waals surface area contributed by atoms with Crippen LogP contribution in [0.1, 0.15) is 43.8 Å². The van der Waals surface area contributed by atoms with Gasteiger partial charge in [0.1, 0.15) is 11.6 Å². The molecule has 0 amide bonds. The van der Waals surface area contributed by atoms with E-state index in [0.29, 0.717) is 5.92 Å². The van der Waals surface area contributed by atoms with Gasteiger partial charge in [-0.15, -0.1) is 0 Å². The van der Waals surface area contributed by atoms with Gasteiger partial charge in [-0.1, -0.05) is 0 Å². The second kappa shape index (κ2) is 4.72. The number of anilines is 1. The van der Waals surface area contributed by atoms with E-state index in [1.165, 1.54) is 0 Å². The SMILES string of the molecule is O=c1cc(N2CCCCC2CO)nc(C2CC2)[nH]1. The van der Waals surface area contributed by atoms with E-state index in [1.807, 2.05) is 0 Å². The summed E-state index contributed by atoms with van der Waals surface area (Å²) in [5, 5.41) is 9.43. The minimum Gasteiger partial charge on any atom is -0.394 e. The van der Waals surface area contributed by atoms with Crippen LogP contribution < -0.4 is 10.5 Å². The number of aliphatic hydroxyl groups excluding tert-OH is 1. The first-order valence-corrected chi connectivity index (χ1v) is 6.76. The molecule has 1 atom stereocenters. The Balaban J connectivity index is 1.91. The van der Waals surface area contributed by atoms with Gasteiger partial charge >= 0.3 is 0 Å². The molecule has 0 spiro atoms. The third kappa shape index (κ3) is 2.27. The first kappa shape index (κ1) is 11.7. The first-order valence-electron chi connectivity index (χ1n) is 6.76. The molecule has 0 aromatic carbocycles. The molecule has 2 fully saturated rings. The molecule has 1 aliphatic carbocycles. The number of aromatic amines is 1. The summed E-state index contributed by atoms with van der Waals surface area (Å²) in [6.07, 6.45) is 5.46. The maximum absolute atomic E-state index is 11.7. The zero-order chi connectivity index (χ0) is 12.5. The minimum atomic E-state index is -0.0795. The number of hydrogen-bond donors (Lipinski definition) is 2. The lowest BCUT2D eigenvalue weighted by molar-refractivity contribution is 0.239. The number of aromatic nitrogens is 2. The maximum atomic E-state index is 11.7. The Kier molecular flexibility index (Phi) is 3.07. The van der Waals surface area contributed by atoms with Gasteiger partial charge in [0, 0.05) is 18.5 Å². The highest BCUT2D eigenvalue weighted by atomic mass is 16.3. The molecule has 1 saturated carbocycles. The fraction of sp³-hybridized carbons (Fsp3) is 0.692. The number of hydrogen-bond acceptors (Lipinski definition) is 4. The predicted molar refractivity (Wildman–Crippen MR) is 68.9 cm³/mol. The average Bonchev–Trinajstić information content (AvgIpc) is 3.22. The van der Waals surface area contributed by atoms with E-state index < -0.39 is 0 Å². The van der Waals surface area contributed by atoms with Gasteiger partial charge in [0.2, 0.25) is 0 Å². The van der Waals surface area contributed by atoms with Crippen LogP contribution in [0.15, 0.2) is 10.9 Å². The van der Waals surface area contributed by atoms with E-state index in [1.54, 1.807) is 6.07 Å². The number of rotatable bonds is 3. The highest BCUT2D eigenvalue weighted by Gasteiger charge is 2.28. The zero-order valence-corrected chi connectivity index (χ0v) is 10.4. The summed E-state index contributed by atoms with van der Waals surface area (Å²) in [7, 11) is 0. The lowest BCUT2D eigenvalue weighted by atomic mass is 10.0. The van der Waals surface area contributed by atoms with Crippen molar-refractivity contribution in [1.29, 1.82) is 0 Å². The highest BCUT2D eigenvalue weighted by Crippen LogP contribution is 2.38. The fourth-order valence-electron chi connectivity index (χ4n) is 2.65. The number of H-pyrrole nitrogens is 1. The summed E-state index contributed by atoms with van der Waals surface area (Å²) in [4.78, 5) is 21.2. The van der Waals surface area contributed by atoms with Crippen LogP contribution in [0.3, 0.4) is 0 Å². The molecule has 3 rings (SSSR count). The predicted octanol–water partition coefficient (Wildman–Crippen LogP) is 0.998. The van der Waals surface area contributed by atoms with Gasteiger partial charge in [-0.05, 0) is 32.1 Å². The highest BCUT2D eigenvalue weighted by molar-refractivity contribution is 5.40. The molecule has 2 N–H and O–H groups in total. The monoisotopic (exact) mass is 249 g/mol. The third-order valence-corrected chi connectivity index (χ3v) is 3.84. The minimum absolute atomic E-state index is 0.0795. The summed E-state index contributed by atoms with van der Waals surface area (Å²) in [5.74, 6) is 1.99. The van der Waals surface area contributed by atoms with E-state index in [2.05, 4.69) is 14.9 Å². The molecule has 1 unspecified atom stereocenters. The van der Waals surface area contributed by atoms with Gasteiger partial charge in [-0.2, -0.15) is 0 Å². The third-order valence-electron chi connectivity index (χ3n) is 3.84. The normalized spacial score (nSPS) is 24.3. The summed E-state index contributed by atoms with van der Waals surface area (Å²) in [5.41, 5.74) is -0.0795. The molecule has 1 aromatic heterocycles. The molecule has 5 nitrogen and oxygen atoms in total. The molecule has 0 bridgehead atoms. The molecule has 0 radical (unpaired) electrons. The Labute approximate surface area is 106 Å². The van der Waals surface area contributed by atoms with Crippen molar-refractivity contribution in [2.75, 3.05) is 18.1 Å². The van der Waals surface area contributed by atoms with Crippen LogP contribution in [0.2, 0.25) is 0 Å². The molecule has 1 aliphatic heterocycles. The van der Waals surface area contributed by atoms with E-state index in [4.69, 9.17) is 0 Å². The smallest absolute Gasteiger partial charge is 0.252 e. The molecule has 98 valence electrons. The average molecular weight is 249 g/mol. The van der Waals surface area contributed by atoms with Gasteiger partial charge in [0.05, 0.1) is 12.6 Å². The summed E-state index contributed by atoms with van der Waals surface area (Å²) in [6.45, 7) is 1.01. The Morgan fingerprint density at radius 2 is 2.22 bits per heavy atom. The van der Waals surface area contributed by atoms with E-state index >= 15 is 0 Å². The molecule has 2 aliphatic rings. The van der Waals surface area contributed by atoms with E-state index in [0.717, 1.165) is 50.3 Å². The van der Waals surface area contributed by atoms with Gasteiger partial charge in [-0.3, -0.25) is 4.79 Å². The van der Waals surface area contributed by atoms with Crippen LogP contribution in [0, 0.1) is 0 Å². The van der Waals surface area contributed by atoms with E-state index in [9.17, 15) is 9.90 Å². The second-order valence-corrected chi connectivity index (χ2v) is 5.29. The Hall–Kier alpha value is -1.36. The number of nitrogens with zero attached hydrogens (tertiary/aromatic N) is 2. The topological polar surface area (TPSA) is 69.2 Å². The van der Waals surface area contributed by atoms with Crippen LogP contribution in [0.4, 0.5) is 5.82 Å². The van der Waals surface area contributed by atoms with Crippen molar-refractivity contribution in [3.63, 3.8) is 0 Å². The molecule has 2 heterocycles. The van der Waals surface area contributed by atoms with Crippen molar-refractivity contribution in [3.05, 3.63) is 22.2 Å². The van der Waals surface area contributed by atoms with Gasteiger partial charge in [-0.25, -0.2) is 4.98 Å². The largest absolute Gasteiger partial charge is 0.394 e. The quantitative estimate of drug-likeness (QED) is 0.838. The van der Waals surface area contributed by atoms with Crippen molar-refractivity contribution < 1.29 is 5.11 Å². The Morgan fingerprint density at radius 1 is 1.39 bits per heavy atom. The summed E-state index contributed by atoms with van der Waals surface area (Å²) in [6, 6.07) is 1.67. The molecule has 5 heteroatoms. The maximum Gasteiger partial charge on any atom is 0.252 e. The number of piperidine rings is 1. The van der Waals surface area contributed by atoms with Crippen LogP contribution in [0.25, 0.3) is 0 Å². The lowest BCUT2D eigenvalue weighted by Crippen LogP contribution is -2.43. The molecule has 1 saturated heterocycles. The van der Waals surface area contributed by atoms with E-state index in [-0.39, 0.29) is 18.2 Å². The Bertz CT molecular complexity index is 481. The molecular formula is C13H19N3O2. The fourth-order valence-corrected chi connectivity index (χ4v) is 2.65. The van der Waals surface area contributed by atoms with Gasteiger partial charge in [0.25, 0.3) is 5.56 Å². The van der Waals surface area contributed by atoms with Crippen molar-refractivity contribution in [2.45, 2.75) is 44.1 Å². The van der Waals surface area contributed by atoms with Crippen LogP contribution in [-0.2, 0) is 0 Å². The van der Waals surface area contributed by atoms with Crippen molar-refractivity contribution >= 4 is 5.82 Å². The zero-order valence-electron chi connectivity index (χ0n) is 10.4. The standard InChI is InChI=1S/C13H19N3O2/c17-8-10-3-1-2-6-16(10)11-7-12(18)15-13(14-11)9-4-5-9/h7,9-10,17H,1-6,8H2,(H,14,15,18). The lowest BCUT2D eigenvalue weighted by Gasteiger charge is -2.35. The molecule has 1 aromatic rings. The van der Waals surface area contributed by atoms with Crippen molar-refractivity contribution in [1.82, 2.24) is 9.97 Å². The van der Waals surface area contributed by atoms with Crippen LogP contribution >= 0.6 is 0 Å². The van der Waals surface area contributed by atoms with Crippen molar-refractivity contribution in [3.8, 4) is 0 Å². The Morgan fingerprint density at radius 3 is 2.94 bits per heavy atom. The summed E-state index contributed by atoms with van der Waals surface area (Å²) >= 11 is 0. The van der Waals surface area contributed by atoms with Gasteiger partial charge in [0.15, 0.2) is 0 Å². The summed E-state index contributed by atoms with van der Waals surface area (Å²) < 4.78 is 0. The van der Waals surface area contributed by atoms with Crippen LogP contribution in [-0.4, -0.2) is 34.3 Å². The van der Waals surface area contributed by atoms with Crippen LogP contribution in [0.5, 0.6) is 0 Å². The number of aliphatic hydroxyl groups is 1. The second-order valence-electron chi connectivity index (χ2n) is 5.29. The molecular weight excluding hydrogens is 230 g/mol. The van der Waals surface area contributed by atoms with Gasteiger partial charge < -0.3 is 15.0 Å². The van der Waals surface area contributed by atoms with Crippen molar-refractivity contribution in [2.24, 2.45) is 0 Å². The number of nitrogens with one attached hydrogen (secondary N) is 1.